The molecular formula is C33H58N2O9. The molecule has 11 heteroatoms. The number of ether oxygens (including phenoxy) is 5. The number of carbonyl (C=O) groups is 1. The molecule has 14 atom stereocenters. The molecule has 0 radical (unpaired) electrons. The van der Waals surface area contributed by atoms with Crippen molar-refractivity contribution in [1.29, 1.82) is 5.41 Å². The lowest BCUT2D eigenvalue weighted by molar-refractivity contribution is -0.302. The van der Waals surface area contributed by atoms with Crippen LogP contribution in [-0.2, 0) is 28.5 Å². The van der Waals surface area contributed by atoms with E-state index in [0.717, 1.165) is 0 Å². The van der Waals surface area contributed by atoms with Gasteiger partial charge in [0.05, 0.1) is 49.1 Å². The average Bonchev–Trinajstić information content (AvgIpc) is 2.97. The predicted molar refractivity (Wildman–Crippen MR) is 166 cm³/mol. The third kappa shape index (κ3) is 7.74. The molecule has 11 nitrogen and oxygen atoms in total. The smallest absolute Gasteiger partial charge is 0.311 e. The van der Waals surface area contributed by atoms with E-state index >= 15 is 0 Å². The molecule has 4 N–H and O–H groups in total. The fourth-order valence-corrected chi connectivity index (χ4v) is 7.37. The normalized spacial score (nSPS) is 47.0. The van der Waals surface area contributed by atoms with Crippen molar-refractivity contribution >= 4 is 11.7 Å². The Kier molecular flexibility index (Phi) is 12.2. The highest BCUT2D eigenvalue weighted by Crippen LogP contribution is 2.40. The zero-order valence-electron chi connectivity index (χ0n) is 28.4. The fraction of sp³-hybridized carbons (Fsp3) is 0.879. The largest absolute Gasteiger partial charge is 0.459 e. The van der Waals surface area contributed by atoms with Crippen molar-refractivity contribution in [2.75, 3.05) is 27.3 Å². The summed E-state index contributed by atoms with van der Waals surface area (Å²) in [5.74, 6) is -3.26. The molecule has 0 aliphatic carbocycles. The van der Waals surface area contributed by atoms with Crippen LogP contribution in [0.1, 0.15) is 74.7 Å². The number of rotatable bonds is 4. The van der Waals surface area contributed by atoms with E-state index in [1.165, 1.54) is 0 Å². The summed E-state index contributed by atoms with van der Waals surface area (Å²) in [6.07, 6.45) is -4.97. The molecule has 254 valence electrons. The summed E-state index contributed by atoms with van der Waals surface area (Å²) >= 11 is 0. The Balaban J connectivity index is 2.19. The minimum Gasteiger partial charge on any atom is -0.459 e. The number of aliphatic hydroxyl groups is 3. The number of likely N-dealkylation sites (N-methyl/N-ethyl adjacent to an activating group) is 1. The molecule has 3 saturated heterocycles. The Hall–Kier alpha value is -1.44. The van der Waals surface area contributed by atoms with Crippen LogP contribution < -0.4 is 0 Å². The van der Waals surface area contributed by atoms with Gasteiger partial charge in [-0.1, -0.05) is 34.3 Å². The maximum Gasteiger partial charge on any atom is 0.311 e. The van der Waals surface area contributed by atoms with Crippen LogP contribution in [0.3, 0.4) is 0 Å². The molecule has 3 aliphatic heterocycles. The second-order valence-electron chi connectivity index (χ2n) is 14.3. The summed E-state index contributed by atoms with van der Waals surface area (Å²) in [6, 6.07) is -0.224. The predicted octanol–water partition coefficient (Wildman–Crippen LogP) is 2.93. The number of hydrogen-bond donors (Lipinski definition) is 4. The number of fused-ring (bicyclic) bond motifs is 5. The highest BCUT2D eigenvalue weighted by Gasteiger charge is 2.52. The molecule has 3 rings (SSSR count). The van der Waals surface area contributed by atoms with E-state index in [1.54, 1.807) is 20.8 Å². The Morgan fingerprint density at radius 2 is 1.70 bits per heavy atom. The molecule has 0 spiro atoms. The maximum atomic E-state index is 13.5. The molecule has 3 aliphatic rings. The molecule has 3 fully saturated rings. The van der Waals surface area contributed by atoms with E-state index in [2.05, 4.69) is 6.58 Å². The van der Waals surface area contributed by atoms with E-state index in [1.807, 2.05) is 53.6 Å². The summed E-state index contributed by atoms with van der Waals surface area (Å²) in [5, 5.41) is 44.2. The third-order valence-corrected chi connectivity index (χ3v) is 10.2. The number of aliphatic hydroxyl groups excluding tert-OH is 2. The first kappa shape index (κ1) is 37.0. The van der Waals surface area contributed by atoms with Crippen molar-refractivity contribution in [1.82, 2.24) is 4.90 Å². The van der Waals surface area contributed by atoms with Gasteiger partial charge in [-0.15, -0.1) is 0 Å². The lowest BCUT2D eigenvalue weighted by Gasteiger charge is -2.48. The molecular weight excluding hydrogens is 568 g/mol. The Bertz CT molecular complexity index is 1020. The van der Waals surface area contributed by atoms with Gasteiger partial charge in [0.2, 0.25) is 0 Å². The first-order chi connectivity index (χ1) is 20.3. The van der Waals surface area contributed by atoms with Crippen molar-refractivity contribution in [3.05, 3.63) is 12.2 Å². The lowest BCUT2D eigenvalue weighted by Crippen LogP contribution is -2.60. The van der Waals surface area contributed by atoms with Gasteiger partial charge in [-0.05, 0) is 72.5 Å². The van der Waals surface area contributed by atoms with Crippen LogP contribution in [0.25, 0.3) is 0 Å². The highest BCUT2D eigenvalue weighted by molar-refractivity contribution is 5.86. The molecule has 0 saturated carbocycles. The van der Waals surface area contributed by atoms with Gasteiger partial charge in [0.1, 0.15) is 17.8 Å². The summed E-state index contributed by atoms with van der Waals surface area (Å²) in [7, 11) is 3.80. The van der Waals surface area contributed by atoms with Crippen molar-refractivity contribution in [2.45, 2.75) is 135 Å². The van der Waals surface area contributed by atoms with E-state index < -0.39 is 71.7 Å². The molecule has 0 aromatic rings. The van der Waals surface area contributed by atoms with Gasteiger partial charge in [0, 0.05) is 23.6 Å². The van der Waals surface area contributed by atoms with Gasteiger partial charge >= 0.3 is 5.97 Å². The topological polar surface area (TPSA) is 151 Å². The number of carbonyl (C=O) groups excluding carboxylic acids is 1. The second-order valence-corrected chi connectivity index (χ2v) is 14.3. The number of cyclic esters (lactones) is 1. The molecule has 44 heavy (non-hydrogen) atoms. The van der Waals surface area contributed by atoms with Crippen molar-refractivity contribution in [3.63, 3.8) is 0 Å². The van der Waals surface area contributed by atoms with E-state index in [9.17, 15) is 25.5 Å². The SMILES string of the molecule is C=C1CO[C@@H]2[C@@H](C)C(=N)[C@H](C)C[C@@](C)(OC1)[C@H](O[C@@H]1O[C@H](C)C[C@H](N(C)C)[C@H]1O)[C@@H](C)[C@H](O)[C@@H](C)C(=O)O[C@H](CC)[C@@]2(C)O. The molecule has 0 amide bonds. The zero-order chi connectivity index (χ0) is 33.3. The first-order valence-electron chi connectivity index (χ1n) is 16.1. The first-order valence-corrected chi connectivity index (χ1v) is 16.1. The average molecular weight is 627 g/mol. The van der Waals surface area contributed by atoms with Crippen LogP contribution in [0.4, 0.5) is 0 Å². The molecule has 3 heterocycles. The minimum atomic E-state index is -1.64. The van der Waals surface area contributed by atoms with Gasteiger partial charge in [0.15, 0.2) is 6.29 Å². The lowest BCUT2D eigenvalue weighted by atomic mass is 9.73. The molecule has 0 unspecified atom stereocenters. The number of esters is 1. The van der Waals surface area contributed by atoms with Crippen LogP contribution in [0, 0.1) is 29.1 Å². The molecule has 2 bridgehead atoms. The van der Waals surface area contributed by atoms with Gasteiger partial charge in [0.25, 0.3) is 0 Å². The van der Waals surface area contributed by atoms with Crippen LogP contribution >= 0.6 is 0 Å². The van der Waals surface area contributed by atoms with Crippen LogP contribution in [0.5, 0.6) is 0 Å². The van der Waals surface area contributed by atoms with Gasteiger partial charge in [-0.25, -0.2) is 0 Å². The number of nitrogens with zero attached hydrogens (tertiary/aromatic N) is 1. The van der Waals surface area contributed by atoms with Crippen molar-refractivity contribution < 1.29 is 43.8 Å². The molecule has 0 aromatic heterocycles. The van der Waals surface area contributed by atoms with Crippen LogP contribution in [0.15, 0.2) is 12.2 Å². The summed E-state index contributed by atoms with van der Waals surface area (Å²) in [4.78, 5) is 15.5. The maximum absolute atomic E-state index is 13.5. The van der Waals surface area contributed by atoms with Gasteiger partial charge < -0.3 is 49.3 Å². The Morgan fingerprint density at radius 1 is 1.07 bits per heavy atom. The van der Waals surface area contributed by atoms with Crippen LogP contribution in [0.2, 0.25) is 0 Å². The standard InChI is InChI=1S/C33H58N2O9/c1-12-24-33(9,39)29-20(5)25(34)18(3)14-32(8,41-16-17(2)15-40-29)28(21(6)26(36)22(7)30(38)43-24)44-31-27(37)23(35(10)11)13-19(4)42-31/h18-24,26-29,31,34,36-37,39H,2,12-16H2,1,3-11H3/t18-,19-,20+,21+,22-,23+,24-,26+,27-,28-,29-,31+,32-,33-/m1/s1. The van der Waals surface area contributed by atoms with Gasteiger partial charge in [-0.2, -0.15) is 0 Å². The van der Waals surface area contributed by atoms with Gasteiger partial charge in [-0.3, -0.25) is 4.79 Å². The quantitative estimate of drug-likeness (QED) is 0.271. The second kappa shape index (κ2) is 14.5. The number of nitrogens with one attached hydrogen (secondary N) is 1. The van der Waals surface area contributed by atoms with E-state index in [-0.39, 0.29) is 31.3 Å². The Morgan fingerprint density at radius 3 is 2.30 bits per heavy atom. The highest BCUT2D eigenvalue weighted by atomic mass is 16.7. The Labute approximate surface area is 263 Å². The summed E-state index contributed by atoms with van der Waals surface area (Å²) in [6.45, 7) is 18.6. The molecule has 0 aromatic carbocycles. The zero-order valence-corrected chi connectivity index (χ0v) is 28.4. The fourth-order valence-electron chi connectivity index (χ4n) is 7.37. The van der Waals surface area contributed by atoms with Crippen molar-refractivity contribution in [2.24, 2.45) is 23.7 Å². The van der Waals surface area contributed by atoms with E-state index in [0.29, 0.717) is 30.5 Å². The summed E-state index contributed by atoms with van der Waals surface area (Å²) < 4.78 is 31.6. The van der Waals surface area contributed by atoms with Crippen molar-refractivity contribution in [3.8, 4) is 0 Å². The van der Waals surface area contributed by atoms with E-state index in [4.69, 9.17) is 23.7 Å². The van der Waals surface area contributed by atoms with Crippen LogP contribution in [-0.4, -0.2) is 119 Å². The minimum absolute atomic E-state index is 0.0554. The monoisotopic (exact) mass is 626 g/mol. The number of hydrogen-bond acceptors (Lipinski definition) is 11. The summed E-state index contributed by atoms with van der Waals surface area (Å²) in [5.41, 5.74) is -1.82. The third-order valence-electron chi connectivity index (χ3n) is 10.2.